The van der Waals surface area contributed by atoms with Crippen molar-refractivity contribution in [2.45, 2.75) is 23.9 Å². The highest BCUT2D eigenvalue weighted by Gasteiger charge is 2.36. The molecule has 0 aromatic heterocycles. The fourth-order valence-electron chi connectivity index (χ4n) is 2.69. The van der Waals surface area contributed by atoms with Crippen LogP contribution in [-0.2, 0) is 27.8 Å². The molecule has 1 aliphatic rings. The maximum Gasteiger partial charge on any atom is 0.243 e. The molecule has 0 saturated heterocycles. The van der Waals surface area contributed by atoms with E-state index in [1.54, 1.807) is 24.3 Å². The number of fused-ring (bicyclic) bond motifs is 1. The Balaban J connectivity index is 2.05. The van der Waals surface area contributed by atoms with E-state index in [0.29, 0.717) is 0 Å². The van der Waals surface area contributed by atoms with E-state index in [9.17, 15) is 22.7 Å². The number of benzene rings is 2. The Kier molecular flexibility index (Phi) is 3.91. The lowest BCUT2D eigenvalue weighted by molar-refractivity contribution is -0.310. The Morgan fingerprint density at radius 2 is 1.70 bits per heavy atom. The van der Waals surface area contributed by atoms with Gasteiger partial charge >= 0.3 is 0 Å². The van der Waals surface area contributed by atoms with E-state index in [1.165, 1.54) is 0 Å². The lowest BCUT2D eigenvalue weighted by atomic mass is 9.96. The summed E-state index contributed by atoms with van der Waals surface area (Å²) in [4.78, 5) is 11.3. The van der Waals surface area contributed by atoms with E-state index in [4.69, 9.17) is 0 Å². The number of carboxylic acid groups (broad SMARTS) is 1. The number of halogens is 1. The maximum absolute atomic E-state index is 13.0. The van der Waals surface area contributed by atoms with Crippen molar-refractivity contribution < 1.29 is 22.7 Å². The average Bonchev–Trinajstić information content (AvgIpc) is 2.54. The lowest BCUT2D eigenvalue weighted by Crippen LogP contribution is -2.53. The van der Waals surface area contributed by atoms with Gasteiger partial charge in [0.25, 0.3) is 0 Å². The Labute approximate surface area is 133 Å². The first kappa shape index (κ1) is 15.6. The summed E-state index contributed by atoms with van der Waals surface area (Å²) in [6, 6.07) is 10.1. The summed E-state index contributed by atoms with van der Waals surface area (Å²) in [7, 11) is -4.07. The maximum atomic E-state index is 13.0. The summed E-state index contributed by atoms with van der Waals surface area (Å²) in [6.07, 6.45) is 0.0406. The molecule has 7 heteroatoms. The van der Waals surface area contributed by atoms with Crippen molar-refractivity contribution in [3.05, 3.63) is 65.5 Å². The predicted octanol–water partition coefficient (Wildman–Crippen LogP) is 0.691. The highest BCUT2D eigenvalue weighted by Crippen LogP contribution is 2.28. The third kappa shape index (κ3) is 2.85. The number of sulfonamides is 1. The van der Waals surface area contributed by atoms with Gasteiger partial charge in [-0.25, -0.2) is 12.8 Å². The molecule has 0 radical (unpaired) electrons. The minimum absolute atomic E-state index is 0.0406. The van der Waals surface area contributed by atoms with Crippen molar-refractivity contribution in [2.75, 3.05) is 0 Å². The van der Waals surface area contributed by atoms with Crippen LogP contribution in [0.4, 0.5) is 4.39 Å². The van der Waals surface area contributed by atoms with Crippen molar-refractivity contribution >= 4 is 16.0 Å². The van der Waals surface area contributed by atoms with Gasteiger partial charge in [-0.2, -0.15) is 4.31 Å². The molecular formula is C16H13FNO4S-. The molecule has 0 aliphatic carbocycles. The molecule has 120 valence electrons. The molecule has 23 heavy (non-hydrogen) atoms. The molecule has 5 nitrogen and oxygen atoms in total. The molecule has 0 spiro atoms. The molecule has 1 unspecified atom stereocenters. The van der Waals surface area contributed by atoms with Gasteiger partial charge in [0.2, 0.25) is 10.0 Å². The zero-order valence-corrected chi connectivity index (χ0v) is 12.8. The van der Waals surface area contributed by atoms with Crippen LogP contribution >= 0.6 is 0 Å². The van der Waals surface area contributed by atoms with Gasteiger partial charge in [0.15, 0.2) is 0 Å². The summed E-state index contributed by atoms with van der Waals surface area (Å²) in [6.45, 7) is -0.0610. The van der Waals surface area contributed by atoms with E-state index in [-0.39, 0.29) is 17.9 Å². The van der Waals surface area contributed by atoms with Gasteiger partial charge in [-0.1, -0.05) is 24.3 Å². The molecule has 1 atom stereocenters. The van der Waals surface area contributed by atoms with Gasteiger partial charge in [-0.3, -0.25) is 0 Å². The molecule has 1 aliphatic heterocycles. The average molecular weight is 334 g/mol. The topological polar surface area (TPSA) is 77.5 Å². The number of carbonyl (C=O) groups is 1. The second-order valence-corrected chi connectivity index (χ2v) is 7.20. The molecular weight excluding hydrogens is 321 g/mol. The lowest BCUT2D eigenvalue weighted by Gasteiger charge is -2.36. The molecule has 0 amide bonds. The molecule has 0 N–H and O–H groups in total. The first-order valence-corrected chi connectivity index (χ1v) is 8.38. The van der Waals surface area contributed by atoms with Crippen LogP contribution < -0.4 is 5.11 Å². The monoisotopic (exact) mass is 334 g/mol. The third-order valence-electron chi connectivity index (χ3n) is 3.90. The minimum Gasteiger partial charge on any atom is -0.548 e. The number of nitrogens with zero attached hydrogens (tertiary/aromatic N) is 1. The number of rotatable bonds is 3. The molecule has 1 heterocycles. The van der Waals surface area contributed by atoms with Crippen molar-refractivity contribution in [3.63, 3.8) is 0 Å². The van der Waals surface area contributed by atoms with Crippen molar-refractivity contribution in [3.8, 4) is 0 Å². The van der Waals surface area contributed by atoms with E-state index in [1.807, 2.05) is 0 Å². The van der Waals surface area contributed by atoms with E-state index < -0.39 is 27.9 Å². The third-order valence-corrected chi connectivity index (χ3v) is 5.77. The Hall–Kier alpha value is -2.25. The zero-order chi connectivity index (χ0) is 16.6. The van der Waals surface area contributed by atoms with Crippen molar-refractivity contribution in [1.29, 1.82) is 0 Å². The van der Waals surface area contributed by atoms with Crippen molar-refractivity contribution in [2.24, 2.45) is 0 Å². The van der Waals surface area contributed by atoms with Crippen LogP contribution in [0, 0.1) is 5.82 Å². The highest BCUT2D eigenvalue weighted by molar-refractivity contribution is 7.89. The Bertz CT molecular complexity index is 849. The van der Waals surface area contributed by atoms with Gasteiger partial charge in [0, 0.05) is 6.54 Å². The molecule has 0 fully saturated rings. The van der Waals surface area contributed by atoms with Gasteiger partial charge in [-0.05, 0) is 41.8 Å². The number of aliphatic carboxylic acids is 1. The first-order valence-electron chi connectivity index (χ1n) is 6.94. The summed E-state index contributed by atoms with van der Waals surface area (Å²) in [5, 5.41) is 11.4. The number of carbonyl (C=O) groups excluding carboxylic acids is 1. The fraction of sp³-hybridized carbons (Fsp3) is 0.188. The highest BCUT2D eigenvalue weighted by atomic mass is 32.2. The van der Waals surface area contributed by atoms with Crippen LogP contribution in [0.25, 0.3) is 0 Å². The van der Waals surface area contributed by atoms with Gasteiger partial charge in [-0.15, -0.1) is 0 Å². The summed E-state index contributed by atoms with van der Waals surface area (Å²) in [5.41, 5.74) is 1.53. The SMILES string of the molecule is O=C([O-])C1Cc2ccccc2CN1S(=O)(=O)c1ccc(F)cc1. The molecule has 0 saturated carbocycles. The molecule has 3 rings (SSSR count). The van der Waals surface area contributed by atoms with Gasteiger partial charge in [0.1, 0.15) is 5.82 Å². The van der Waals surface area contributed by atoms with E-state index in [0.717, 1.165) is 39.7 Å². The van der Waals surface area contributed by atoms with E-state index in [2.05, 4.69) is 0 Å². The number of hydrogen-bond donors (Lipinski definition) is 0. The summed E-state index contributed by atoms with van der Waals surface area (Å²) in [5.74, 6) is -2.02. The number of carboxylic acids is 1. The van der Waals surface area contributed by atoms with Gasteiger partial charge in [0.05, 0.1) is 16.9 Å². The van der Waals surface area contributed by atoms with Gasteiger partial charge < -0.3 is 9.90 Å². The molecule has 0 bridgehead atoms. The second kappa shape index (κ2) is 5.75. The Morgan fingerprint density at radius 3 is 2.30 bits per heavy atom. The first-order chi connectivity index (χ1) is 10.9. The van der Waals surface area contributed by atoms with Crippen LogP contribution in [-0.4, -0.2) is 24.7 Å². The van der Waals surface area contributed by atoms with Crippen LogP contribution in [0.15, 0.2) is 53.4 Å². The van der Waals surface area contributed by atoms with Crippen LogP contribution in [0.3, 0.4) is 0 Å². The molecule has 2 aromatic carbocycles. The molecule has 2 aromatic rings. The number of hydrogen-bond acceptors (Lipinski definition) is 4. The van der Waals surface area contributed by atoms with Crippen LogP contribution in [0.2, 0.25) is 0 Å². The fourth-order valence-corrected chi connectivity index (χ4v) is 4.25. The largest absolute Gasteiger partial charge is 0.548 e. The van der Waals surface area contributed by atoms with Crippen LogP contribution in [0.1, 0.15) is 11.1 Å². The minimum atomic E-state index is -4.07. The summed E-state index contributed by atoms with van der Waals surface area (Å²) < 4.78 is 39.4. The smallest absolute Gasteiger partial charge is 0.243 e. The normalized spacial score (nSPS) is 18.4. The zero-order valence-electron chi connectivity index (χ0n) is 12.0. The summed E-state index contributed by atoms with van der Waals surface area (Å²) >= 11 is 0. The second-order valence-electron chi connectivity index (χ2n) is 5.31. The van der Waals surface area contributed by atoms with Crippen molar-refractivity contribution in [1.82, 2.24) is 4.31 Å². The quantitative estimate of drug-likeness (QED) is 0.827. The predicted molar refractivity (Wildman–Crippen MR) is 78.1 cm³/mol. The van der Waals surface area contributed by atoms with Crippen LogP contribution in [0.5, 0.6) is 0 Å². The standard InChI is InChI=1S/C16H14FNO4S/c17-13-5-7-14(8-6-13)23(21,22)18-10-12-4-2-1-3-11(12)9-15(18)16(19)20/h1-8,15H,9-10H2,(H,19,20)/p-1. The Morgan fingerprint density at radius 1 is 1.09 bits per heavy atom. The van der Waals surface area contributed by atoms with E-state index >= 15 is 0 Å².